The van der Waals surface area contributed by atoms with Crippen LogP contribution in [0.2, 0.25) is 0 Å². The van der Waals surface area contributed by atoms with E-state index in [9.17, 15) is 10.1 Å². The number of aromatic nitrogens is 2. The lowest BCUT2D eigenvalue weighted by atomic mass is 10.2. The molecule has 23 heavy (non-hydrogen) atoms. The maximum absolute atomic E-state index is 10.9. The standard InChI is InChI=1S/C15H19N5O2S/c1-11(12(2)20(21)22)14-10-23-15-16-13(9-19(14)15)8-18-6-4-17(3)5-7-18/h9-10H,1-2,4-8H2,3H3. The summed E-state index contributed by atoms with van der Waals surface area (Å²) in [6, 6.07) is 0. The number of nitrogens with zero attached hydrogens (tertiary/aromatic N) is 5. The Bertz CT molecular complexity index is 770. The van der Waals surface area contributed by atoms with Crippen LogP contribution in [0.5, 0.6) is 0 Å². The van der Waals surface area contributed by atoms with Crippen LogP contribution >= 0.6 is 11.3 Å². The number of hydrogen-bond donors (Lipinski definition) is 0. The molecule has 0 spiro atoms. The molecule has 0 aromatic carbocycles. The molecule has 1 saturated heterocycles. The predicted octanol–water partition coefficient (Wildman–Crippen LogP) is 1.95. The van der Waals surface area contributed by atoms with E-state index in [4.69, 9.17) is 0 Å². The summed E-state index contributed by atoms with van der Waals surface area (Å²) >= 11 is 1.46. The molecule has 1 fully saturated rings. The third kappa shape index (κ3) is 3.19. The molecule has 0 unspecified atom stereocenters. The molecule has 1 aliphatic rings. The van der Waals surface area contributed by atoms with E-state index in [0.29, 0.717) is 11.3 Å². The number of piperazine rings is 1. The minimum Gasteiger partial charge on any atom is -0.304 e. The third-order valence-electron chi connectivity index (χ3n) is 4.12. The molecule has 0 N–H and O–H groups in total. The highest BCUT2D eigenvalue weighted by molar-refractivity contribution is 7.15. The van der Waals surface area contributed by atoms with E-state index < -0.39 is 4.92 Å². The summed E-state index contributed by atoms with van der Waals surface area (Å²) in [6.45, 7) is 12.3. The Kier molecular flexibility index (Phi) is 4.29. The first-order valence-electron chi connectivity index (χ1n) is 7.35. The molecule has 2 aromatic heterocycles. The minimum atomic E-state index is -0.506. The highest BCUT2D eigenvalue weighted by Crippen LogP contribution is 2.26. The van der Waals surface area contributed by atoms with Crippen LogP contribution in [0.25, 0.3) is 10.5 Å². The summed E-state index contributed by atoms with van der Waals surface area (Å²) in [5, 5.41) is 12.7. The fraction of sp³-hybridized carbons (Fsp3) is 0.400. The molecule has 0 saturated carbocycles. The van der Waals surface area contributed by atoms with E-state index in [1.54, 1.807) is 0 Å². The molecule has 2 aromatic rings. The van der Waals surface area contributed by atoms with Gasteiger partial charge >= 0.3 is 0 Å². The van der Waals surface area contributed by atoms with Crippen molar-refractivity contribution < 1.29 is 4.92 Å². The van der Waals surface area contributed by atoms with Crippen LogP contribution in [-0.4, -0.2) is 57.3 Å². The van der Waals surface area contributed by atoms with Gasteiger partial charge in [-0.15, -0.1) is 11.3 Å². The molecule has 8 heteroatoms. The van der Waals surface area contributed by atoms with Crippen LogP contribution in [0.3, 0.4) is 0 Å². The van der Waals surface area contributed by atoms with Crippen molar-refractivity contribution in [3.05, 3.63) is 51.9 Å². The summed E-state index contributed by atoms with van der Waals surface area (Å²) in [4.78, 5) is 20.5. The molecular formula is C15H19N5O2S. The van der Waals surface area contributed by atoms with Gasteiger partial charge < -0.3 is 4.90 Å². The summed E-state index contributed by atoms with van der Waals surface area (Å²) < 4.78 is 1.87. The Labute approximate surface area is 138 Å². The van der Waals surface area contributed by atoms with Gasteiger partial charge in [0.2, 0.25) is 0 Å². The highest BCUT2D eigenvalue weighted by atomic mass is 32.1. The lowest BCUT2D eigenvalue weighted by Crippen LogP contribution is -2.43. The number of rotatable bonds is 5. The second-order valence-corrected chi connectivity index (χ2v) is 6.60. The molecule has 0 amide bonds. The molecule has 0 aliphatic carbocycles. The van der Waals surface area contributed by atoms with Crippen LogP contribution in [0, 0.1) is 10.1 Å². The third-order valence-corrected chi connectivity index (χ3v) is 4.96. The first-order valence-corrected chi connectivity index (χ1v) is 8.23. The SMILES string of the molecule is C=C(C(=C)[N+](=O)[O-])c1csc2nc(CN3CCN(C)CC3)cn12. The largest absolute Gasteiger partial charge is 0.304 e. The van der Waals surface area contributed by atoms with E-state index >= 15 is 0 Å². The molecule has 1 aliphatic heterocycles. The van der Waals surface area contributed by atoms with Crippen LogP contribution in [0.15, 0.2) is 30.4 Å². The van der Waals surface area contributed by atoms with Gasteiger partial charge in [0.1, 0.15) is 0 Å². The second kappa shape index (κ2) is 6.23. The van der Waals surface area contributed by atoms with Gasteiger partial charge in [-0.3, -0.25) is 19.4 Å². The predicted molar refractivity (Wildman–Crippen MR) is 91.0 cm³/mol. The van der Waals surface area contributed by atoms with Gasteiger partial charge in [-0.2, -0.15) is 0 Å². The van der Waals surface area contributed by atoms with E-state index in [-0.39, 0.29) is 5.70 Å². The van der Waals surface area contributed by atoms with Crippen molar-refractivity contribution in [3.8, 4) is 0 Å². The first kappa shape index (κ1) is 15.9. The number of imidazole rings is 1. The second-order valence-electron chi connectivity index (χ2n) is 5.77. The summed E-state index contributed by atoms with van der Waals surface area (Å²) in [6.07, 6.45) is 1.94. The van der Waals surface area contributed by atoms with Crippen LogP contribution in [0.1, 0.15) is 11.4 Å². The fourth-order valence-corrected chi connectivity index (χ4v) is 3.52. The normalized spacial score (nSPS) is 16.7. The number of allylic oxidation sites excluding steroid dienone is 1. The molecule has 0 atom stereocenters. The van der Waals surface area contributed by atoms with Gasteiger partial charge in [0.25, 0.3) is 5.70 Å². The Hall–Kier alpha value is -2.03. The zero-order valence-electron chi connectivity index (χ0n) is 13.1. The zero-order chi connectivity index (χ0) is 16.6. The van der Waals surface area contributed by atoms with Crippen molar-refractivity contribution in [3.63, 3.8) is 0 Å². The van der Waals surface area contributed by atoms with Gasteiger partial charge in [-0.1, -0.05) is 6.58 Å². The van der Waals surface area contributed by atoms with E-state index in [0.717, 1.165) is 43.4 Å². The lowest BCUT2D eigenvalue weighted by Gasteiger charge is -2.31. The molecule has 3 heterocycles. The minimum absolute atomic E-state index is 0.181. The molecule has 7 nitrogen and oxygen atoms in total. The van der Waals surface area contributed by atoms with Crippen LogP contribution in [0.4, 0.5) is 0 Å². The molecule has 122 valence electrons. The van der Waals surface area contributed by atoms with E-state index in [1.807, 2.05) is 16.0 Å². The number of fused-ring (bicyclic) bond motifs is 1. The van der Waals surface area contributed by atoms with Crippen molar-refractivity contribution in [2.75, 3.05) is 33.2 Å². The van der Waals surface area contributed by atoms with Gasteiger partial charge in [0.15, 0.2) is 4.96 Å². The van der Waals surface area contributed by atoms with Crippen LogP contribution in [-0.2, 0) is 6.54 Å². The molecule has 0 bridgehead atoms. The Balaban J connectivity index is 1.79. The maximum Gasteiger partial charge on any atom is 0.271 e. The average Bonchev–Trinajstić information content (AvgIpc) is 3.07. The topological polar surface area (TPSA) is 66.9 Å². The summed E-state index contributed by atoms with van der Waals surface area (Å²) in [5.41, 5.74) is 1.80. The Morgan fingerprint density at radius 2 is 2.09 bits per heavy atom. The number of nitro groups is 1. The highest BCUT2D eigenvalue weighted by Gasteiger charge is 2.20. The van der Waals surface area contributed by atoms with Crippen LogP contribution < -0.4 is 0 Å². The van der Waals surface area contributed by atoms with E-state index in [2.05, 4.69) is 35.0 Å². The summed E-state index contributed by atoms with van der Waals surface area (Å²) in [5.74, 6) is 0. The monoisotopic (exact) mass is 333 g/mol. The fourth-order valence-electron chi connectivity index (χ4n) is 2.62. The Morgan fingerprint density at radius 3 is 2.74 bits per heavy atom. The molecule has 3 rings (SSSR count). The average molecular weight is 333 g/mol. The maximum atomic E-state index is 10.9. The van der Waals surface area contributed by atoms with Gasteiger partial charge in [-0.25, -0.2) is 4.98 Å². The zero-order valence-corrected chi connectivity index (χ0v) is 13.9. The van der Waals surface area contributed by atoms with Crippen molar-refractivity contribution in [1.29, 1.82) is 0 Å². The van der Waals surface area contributed by atoms with Crippen molar-refractivity contribution in [1.82, 2.24) is 19.2 Å². The quantitative estimate of drug-likeness (QED) is 0.475. The smallest absolute Gasteiger partial charge is 0.271 e. The lowest BCUT2D eigenvalue weighted by molar-refractivity contribution is -0.416. The molecular weight excluding hydrogens is 314 g/mol. The number of likely N-dealkylation sites (N-methyl/N-ethyl adjacent to an activating group) is 1. The van der Waals surface area contributed by atoms with Gasteiger partial charge in [0.05, 0.1) is 21.9 Å². The number of thiazole rings is 1. The van der Waals surface area contributed by atoms with Crippen molar-refractivity contribution in [2.45, 2.75) is 6.54 Å². The number of hydrogen-bond acceptors (Lipinski definition) is 6. The van der Waals surface area contributed by atoms with Gasteiger partial charge in [0, 0.05) is 44.3 Å². The van der Waals surface area contributed by atoms with E-state index in [1.165, 1.54) is 11.3 Å². The first-order chi connectivity index (χ1) is 11.0. The van der Waals surface area contributed by atoms with Crippen molar-refractivity contribution in [2.24, 2.45) is 0 Å². The Morgan fingerprint density at radius 1 is 1.39 bits per heavy atom. The van der Waals surface area contributed by atoms with Gasteiger partial charge in [-0.05, 0) is 13.6 Å². The summed E-state index contributed by atoms with van der Waals surface area (Å²) in [7, 11) is 2.13. The molecule has 0 radical (unpaired) electrons. The van der Waals surface area contributed by atoms with Crippen molar-refractivity contribution >= 4 is 21.9 Å².